The summed E-state index contributed by atoms with van der Waals surface area (Å²) in [6, 6.07) is 1.78. The van der Waals surface area contributed by atoms with Gasteiger partial charge in [0, 0.05) is 5.02 Å². The summed E-state index contributed by atoms with van der Waals surface area (Å²) in [6.07, 6.45) is -4.99. The Balaban J connectivity index is 3.11. The van der Waals surface area contributed by atoms with Gasteiger partial charge in [0.15, 0.2) is 0 Å². The molecule has 0 heterocycles. The van der Waals surface area contributed by atoms with Gasteiger partial charge in [-0.25, -0.2) is 0 Å². The highest BCUT2D eigenvalue weighted by Crippen LogP contribution is 2.34. The van der Waals surface area contributed by atoms with Crippen molar-refractivity contribution >= 4 is 17.6 Å². The van der Waals surface area contributed by atoms with Crippen molar-refractivity contribution in [2.24, 2.45) is 5.73 Å². The molecular weight excluding hydrogens is 259 g/mol. The van der Waals surface area contributed by atoms with Crippen LogP contribution in [-0.2, 0) is 17.4 Å². The van der Waals surface area contributed by atoms with E-state index in [9.17, 15) is 18.0 Å². The number of halogens is 4. The molecule has 0 spiro atoms. The minimum absolute atomic E-state index is 0.0648. The van der Waals surface area contributed by atoms with E-state index in [-0.39, 0.29) is 10.6 Å². The lowest BCUT2D eigenvalue weighted by atomic mass is 10.0. The van der Waals surface area contributed by atoms with Crippen LogP contribution in [0.3, 0.4) is 0 Å². The molecule has 3 nitrogen and oxygen atoms in total. The minimum Gasteiger partial charge on any atom is -0.480 e. The number of carboxylic acid groups (broad SMARTS) is 1. The Morgan fingerprint density at radius 1 is 1.47 bits per heavy atom. The monoisotopic (exact) mass is 267 g/mol. The highest BCUT2D eigenvalue weighted by Gasteiger charge is 2.34. The highest BCUT2D eigenvalue weighted by molar-refractivity contribution is 6.30. The van der Waals surface area contributed by atoms with Gasteiger partial charge in [-0.05, 0) is 24.1 Å². The molecule has 0 aliphatic carbocycles. The number of carbonyl (C=O) groups is 1. The predicted octanol–water partition coefficient (Wildman–Crippen LogP) is 2.31. The molecule has 0 saturated carbocycles. The Bertz CT molecular complexity index is 434. The Kier molecular flexibility index (Phi) is 4.00. The zero-order valence-corrected chi connectivity index (χ0v) is 9.22. The number of hydrogen-bond donors (Lipinski definition) is 2. The van der Waals surface area contributed by atoms with Crippen molar-refractivity contribution in [2.75, 3.05) is 0 Å². The first-order valence-corrected chi connectivity index (χ1v) is 4.93. The third-order valence-corrected chi connectivity index (χ3v) is 2.37. The molecule has 17 heavy (non-hydrogen) atoms. The van der Waals surface area contributed by atoms with Crippen molar-refractivity contribution in [3.05, 3.63) is 34.3 Å². The molecule has 0 amide bonds. The second kappa shape index (κ2) is 4.93. The fourth-order valence-electron chi connectivity index (χ4n) is 1.31. The van der Waals surface area contributed by atoms with Crippen LogP contribution >= 0.6 is 11.6 Å². The van der Waals surface area contributed by atoms with E-state index in [0.717, 1.165) is 12.1 Å². The number of nitrogens with two attached hydrogens (primary N) is 1. The Morgan fingerprint density at radius 3 is 2.53 bits per heavy atom. The van der Waals surface area contributed by atoms with Crippen LogP contribution in [0.5, 0.6) is 0 Å². The Hall–Kier alpha value is -1.27. The summed E-state index contributed by atoms with van der Waals surface area (Å²) in [7, 11) is 0. The largest absolute Gasteiger partial charge is 0.480 e. The lowest BCUT2D eigenvalue weighted by molar-refractivity contribution is -0.140. The number of alkyl halides is 3. The molecule has 0 saturated heterocycles. The topological polar surface area (TPSA) is 63.3 Å². The van der Waals surface area contributed by atoms with E-state index in [1.165, 1.54) is 6.07 Å². The van der Waals surface area contributed by atoms with Crippen LogP contribution in [-0.4, -0.2) is 17.1 Å². The molecule has 0 aliphatic heterocycles. The lowest BCUT2D eigenvalue weighted by Gasteiger charge is -2.14. The van der Waals surface area contributed by atoms with Gasteiger partial charge >= 0.3 is 12.1 Å². The average Bonchev–Trinajstić information content (AvgIpc) is 2.18. The van der Waals surface area contributed by atoms with E-state index >= 15 is 0 Å². The van der Waals surface area contributed by atoms with Gasteiger partial charge in [0.05, 0.1) is 5.56 Å². The van der Waals surface area contributed by atoms with Gasteiger partial charge in [-0.15, -0.1) is 0 Å². The summed E-state index contributed by atoms with van der Waals surface area (Å²) in [4.78, 5) is 10.5. The summed E-state index contributed by atoms with van der Waals surface area (Å²) in [5, 5.41) is 8.49. The fraction of sp³-hybridized carbons (Fsp3) is 0.300. The van der Waals surface area contributed by atoms with Gasteiger partial charge in [-0.3, -0.25) is 4.79 Å². The van der Waals surface area contributed by atoms with Crippen molar-refractivity contribution in [1.29, 1.82) is 0 Å². The van der Waals surface area contributed by atoms with E-state index in [0.29, 0.717) is 0 Å². The summed E-state index contributed by atoms with van der Waals surface area (Å²) >= 11 is 5.47. The Morgan fingerprint density at radius 2 is 2.06 bits per heavy atom. The van der Waals surface area contributed by atoms with Crippen LogP contribution in [0, 0.1) is 0 Å². The molecule has 1 atom stereocenters. The summed E-state index contributed by atoms with van der Waals surface area (Å²) < 4.78 is 37.9. The number of rotatable bonds is 3. The minimum atomic E-state index is -4.58. The van der Waals surface area contributed by atoms with E-state index in [1.807, 2.05) is 0 Å². The molecule has 1 rings (SSSR count). The summed E-state index contributed by atoms with van der Waals surface area (Å²) in [5.41, 5.74) is 4.06. The quantitative estimate of drug-likeness (QED) is 0.883. The zero-order valence-electron chi connectivity index (χ0n) is 8.46. The van der Waals surface area contributed by atoms with Gasteiger partial charge in [0.1, 0.15) is 6.04 Å². The SMILES string of the molecule is N[C@H](Cc1ccc(Cl)cc1C(F)(F)F)C(=O)O. The maximum absolute atomic E-state index is 12.6. The van der Waals surface area contributed by atoms with Crippen molar-refractivity contribution in [1.82, 2.24) is 0 Å². The Labute approximate surface area is 100.0 Å². The van der Waals surface area contributed by atoms with Crippen LogP contribution in [0.1, 0.15) is 11.1 Å². The van der Waals surface area contributed by atoms with Crippen LogP contribution in [0.15, 0.2) is 18.2 Å². The molecule has 0 aromatic heterocycles. The predicted molar refractivity (Wildman–Crippen MR) is 55.8 cm³/mol. The maximum Gasteiger partial charge on any atom is 0.416 e. The standard InChI is InChI=1S/C10H9ClF3NO2/c11-6-2-1-5(3-8(15)9(16)17)7(4-6)10(12,13)14/h1-2,4,8H,3,15H2,(H,16,17)/t8-/m1/s1. The molecule has 1 aromatic carbocycles. The van der Waals surface area contributed by atoms with Crippen molar-refractivity contribution in [3.8, 4) is 0 Å². The number of hydrogen-bond acceptors (Lipinski definition) is 2. The molecule has 0 unspecified atom stereocenters. The van der Waals surface area contributed by atoms with Crippen LogP contribution in [0.25, 0.3) is 0 Å². The number of benzene rings is 1. The van der Waals surface area contributed by atoms with E-state index in [2.05, 4.69) is 0 Å². The molecule has 1 aromatic rings. The fourth-order valence-corrected chi connectivity index (χ4v) is 1.49. The van der Waals surface area contributed by atoms with Crippen molar-refractivity contribution < 1.29 is 23.1 Å². The van der Waals surface area contributed by atoms with E-state index < -0.39 is 30.2 Å². The summed E-state index contributed by atoms with van der Waals surface area (Å²) in [5.74, 6) is -1.35. The smallest absolute Gasteiger partial charge is 0.416 e. The molecule has 0 bridgehead atoms. The first kappa shape index (κ1) is 13.8. The molecule has 0 radical (unpaired) electrons. The van der Waals surface area contributed by atoms with E-state index in [1.54, 1.807) is 0 Å². The normalized spacial score (nSPS) is 13.5. The van der Waals surface area contributed by atoms with Crippen LogP contribution in [0.4, 0.5) is 13.2 Å². The second-order valence-corrected chi connectivity index (χ2v) is 3.88. The molecule has 3 N–H and O–H groups in total. The van der Waals surface area contributed by atoms with Gasteiger partial charge in [0.25, 0.3) is 0 Å². The van der Waals surface area contributed by atoms with Crippen molar-refractivity contribution in [3.63, 3.8) is 0 Å². The van der Waals surface area contributed by atoms with Gasteiger partial charge < -0.3 is 10.8 Å². The third-order valence-electron chi connectivity index (χ3n) is 2.13. The van der Waals surface area contributed by atoms with Gasteiger partial charge in [0.2, 0.25) is 0 Å². The molecule has 7 heteroatoms. The first-order chi connectivity index (χ1) is 7.71. The van der Waals surface area contributed by atoms with Gasteiger partial charge in [-0.1, -0.05) is 17.7 Å². The lowest BCUT2D eigenvalue weighted by Crippen LogP contribution is -2.33. The van der Waals surface area contributed by atoms with Crippen LogP contribution < -0.4 is 5.73 Å². The molecule has 94 valence electrons. The first-order valence-electron chi connectivity index (χ1n) is 4.56. The van der Waals surface area contributed by atoms with E-state index in [4.69, 9.17) is 22.4 Å². The molecule has 0 fully saturated rings. The highest BCUT2D eigenvalue weighted by atomic mass is 35.5. The zero-order chi connectivity index (χ0) is 13.2. The maximum atomic E-state index is 12.6. The third kappa shape index (κ3) is 3.61. The van der Waals surface area contributed by atoms with Crippen LogP contribution in [0.2, 0.25) is 5.02 Å². The number of aliphatic carboxylic acids is 1. The molecular formula is C10H9ClF3NO2. The second-order valence-electron chi connectivity index (χ2n) is 3.45. The molecule has 0 aliphatic rings. The van der Waals surface area contributed by atoms with Gasteiger partial charge in [-0.2, -0.15) is 13.2 Å². The average molecular weight is 268 g/mol. The summed E-state index contributed by atoms with van der Waals surface area (Å²) in [6.45, 7) is 0. The van der Waals surface area contributed by atoms with Crippen molar-refractivity contribution in [2.45, 2.75) is 18.6 Å². The number of carboxylic acids is 1.